The number of nitrogens with zero attached hydrogens (tertiary/aromatic N) is 1. The molecule has 1 aromatic carbocycles. The van der Waals surface area contributed by atoms with Crippen molar-refractivity contribution in [2.45, 2.75) is 24.6 Å². The Bertz CT molecular complexity index is 399. The first-order valence-electron chi connectivity index (χ1n) is 6.53. The Hall–Kier alpha value is -0.670. The summed E-state index contributed by atoms with van der Waals surface area (Å²) in [4.78, 5) is 2.38. The van der Waals surface area contributed by atoms with E-state index < -0.39 is 0 Å². The molecular weight excluding hydrogens is 228 g/mol. The van der Waals surface area contributed by atoms with Gasteiger partial charge in [-0.2, -0.15) is 0 Å². The van der Waals surface area contributed by atoms with Crippen LogP contribution in [0.1, 0.15) is 29.3 Å². The zero-order valence-corrected chi connectivity index (χ0v) is 11.2. The zero-order chi connectivity index (χ0) is 11.7. The van der Waals surface area contributed by atoms with Crippen molar-refractivity contribution in [1.82, 2.24) is 5.32 Å². The van der Waals surface area contributed by atoms with Crippen LogP contribution in [0.5, 0.6) is 0 Å². The molecular formula is C14H20N2S. The molecule has 0 bridgehead atoms. The molecule has 0 spiro atoms. The van der Waals surface area contributed by atoms with Crippen LogP contribution in [-0.2, 0) is 6.42 Å². The van der Waals surface area contributed by atoms with Gasteiger partial charge in [-0.1, -0.05) is 12.1 Å². The summed E-state index contributed by atoms with van der Waals surface area (Å²) in [5, 5.41) is 4.12. The molecule has 1 atom stereocenters. The average Bonchev–Trinajstić information content (AvgIpc) is 2.40. The van der Waals surface area contributed by atoms with Crippen LogP contribution >= 0.6 is 11.8 Å². The highest BCUT2D eigenvalue weighted by molar-refractivity contribution is 7.99. The molecule has 2 aliphatic rings. The molecule has 1 N–H and O–H groups in total. The number of aryl methyl sites for hydroxylation is 1. The standard InChI is InChI=1S/C14H20N2S/c1-16-8-2-4-11-10-12(5-6-13(11)16)14-15-7-3-9-17-14/h5-6,10,14-15H,2-4,7-9H2,1H3. The molecule has 3 heteroatoms. The van der Waals surface area contributed by atoms with Crippen LogP contribution in [0.4, 0.5) is 5.69 Å². The van der Waals surface area contributed by atoms with Gasteiger partial charge in [0.15, 0.2) is 0 Å². The Kier molecular flexibility index (Phi) is 3.30. The lowest BCUT2D eigenvalue weighted by Crippen LogP contribution is -2.27. The maximum atomic E-state index is 3.60. The zero-order valence-electron chi connectivity index (χ0n) is 10.4. The van der Waals surface area contributed by atoms with Crippen LogP contribution in [-0.4, -0.2) is 25.9 Å². The predicted molar refractivity (Wildman–Crippen MR) is 75.9 cm³/mol. The molecule has 3 rings (SSSR count). The van der Waals surface area contributed by atoms with E-state index in [9.17, 15) is 0 Å². The van der Waals surface area contributed by atoms with Crippen LogP contribution < -0.4 is 10.2 Å². The lowest BCUT2D eigenvalue weighted by molar-refractivity contribution is 0.641. The van der Waals surface area contributed by atoms with Crippen molar-refractivity contribution >= 4 is 17.4 Å². The highest BCUT2D eigenvalue weighted by atomic mass is 32.2. The lowest BCUT2D eigenvalue weighted by atomic mass is 9.99. The summed E-state index contributed by atoms with van der Waals surface area (Å²) in [5.41, 5.74) is 4.42. The predicted octanol–water partition coefficient (Wildman–Crippen LogP) is 2.79. The average molecular weight is 248 g/mol. The van der Waals surface area contributed by atoms with Crippen LogP contribution in [0, 0.1) is 0 Å². The second-order valence-corrected chi connectivity index (χ2v) is 6.18. The van der Waals surface area contributed by atoms with E-state index >= 15 is 0 Å². The number of thioether (sulfide) groups is 1. The molecule has 2 nitrogen and oxygen atoms in total. The minimum absolute atomic E-state index is 0.515. The van der Waals surface area contributed by atoms with Crippen molar-refractivity contribution in [2.24, 2.45) is 0 Å². The van der Waals surface area contributed by atoms with Gasteiger partial charge in [0, 0.05) is 19.3 Å². The van der Waals surface area contributed by atoms with Crippen LogP contribution in [0.3, 0.4) is 0 Å². The van der Waals surface area contributed by atoms with Gasteiger partial charge in [0.1, 0.15) is 0 Å². The van der Waals surface area contributed by atoms with Gasteiger partial charge in [-0.15, -0.1) is 11.8 Å². The molecule has 0 aliphatic carbocycles. The maximum Gasteiger partial charge on any atom is 0.0789 e. The molecule has 2 heterocycles. The van der Waals surface area contributed by atoms with Crippen LogP contribution in [0.25, 0.3) is 0 Å². The maximum absolute atomic E-state index is 3.60. The van der Waals surface area contributed by atoms with Gasteiger partial charge < -0.3 is 10.2 Å². The van der Waals surface area contributed by atoms with Gasteiger partial charge >= 0.3 is 0 Å². The number of hydrogen-bond acceptors (Lipinski definition) is 3. The van der Waals surface area contributed by atoms with Crippen molar-refractivity contribution in [2.75, 3.05) is 30.8 Å². The second-order valence-electron chi connectivity index (χ2n) is 4.97. The number of hydrogen-bond donors (Lipinski definition) is 1. The third-order valence-electron chi connectivity index (χ3n) is 3.69. The highest BCUT2D eigenvalue weighted by Crippen LogP contribution is 2.34. The van der Waals surface area contributed by atoms with Gasteiger partial charge in [0.25, 0.3) is 0 Å². The Morgan fingerprint density at radius 1 is 1.35 bits per heavy atom. The van der Waals surface area contributed by atoms with E-state index in [2.05, 4.69) is 35.5 Å². The quantitative estimate of drug-likeness (QED) is 0.823. The van der Waals surface area contributed by atoms with E-state index in [0.29, 0.717) is 5.37 Å². The van der Waals surface area contributed by atoms with Gasteiger partial charge in [-0.25, -0.2) is 0 Å². The van der Waals surface area contributed by atoms with Crippen molar-refractivity contribution in [3.8, 4) is 0 Å². The molecule has 17 heavy (non-hydrogen) atoms. The Morgan fingerprint density at radius 3 is 3.12 bits per heavy atom. The minimum atomic E-state index is 0.515. The highest BCUT2D eigenvalue weighted by Gasteiger charge is 2.19. The summed E-state index contributed by atoms with van der Waals surface area (Å²) in [7, 11) is 2.20. The summed E-state index contributed by atoms with van der Waals surface area (Å²) in [6.45, 7) is 2.36. The third-order valence-corrected chi connectivity index (χ3v) is 4.99. The van der Waals surface area contributed by atoms with Crippen LogP contribution in [0.15, 0.2) is 18.2 Å². The molecule has 0 aromatic heterocycles. The van der Waals surface area contributed by atoms with Gasteiger partial charge in [-0.05, 0) is 48.8 Å². The van der Waals surface area contributed by atoms with Gasteiger partial charge in [-0.3, -0.25) is 0 Å². The Labute approximate surface area is 108 Å². The second kappa shape index (κ2) is 4.91. The molecule has 2 aliphatic heterocycles. The molecule has 1 unspecified atom stereocenters. The van der Waals surface area contributed by atoms with Crippen molar-refractivity contribution in [3.63, 3.8) is 0 Å². The fourth-order valence-corrected chi connectivity index (χ4v) is 3.87. The third kappa shape index (κ3) is 2.31. The van der Waals surface area contributed by atoms with E-state index in [4.69, 9.17) is 0 Å². The summed E-state index contributed by atoms with van der Waals surface area (Å²) in [6, 6.07) is 7.03. The molecule has 0 saturated carbocycles. The van der Waals surface area contributed by atoms with E-state index in [0.717, 1.165) is 6.54 Å². The van der Waals surface area contributed by atoms with Gasteiger partial charge in [0.05, 0.1) is 5.37 Å². The first-order chi connectivity index (χ1) is 8.34. The van der Waals surface area contributed by atoms with Gasteiger partial charge in [0.2, 0.25) is 0 Å². The SMILES string of the molecule is CN1CCCc2cc(C3NCCCS3)ccc21. The number of fused-ring (bicyclic) bond motifs is 1. The Balaban J connectivity index is 1.86. The summed E-state index contributed by atoms with van der Waals surface area (Å²) < 4.78 is 0. The van der Waals surface area contributed by atoms with E-state index in [1.807, 2.05) is 11.8 Å². The fourth-order valence-electron chi connectivity index (χ4n) is 2.75. The molecule has 1 fully saturated rings. The summed E-state index contributed by atoms with van der Waals surface area (Å²) >= 11 is 2.04. The smallest absolute Gasteiger partial charge is 0.0789 e. The fraction of sp³-hybridized carbons (Fsp3) is 0.571. The number of anilines is 1. The van der Waals surface area contributed by atoms with Crippen molar-refractivity contribution in [1.29, 1.82) is 0 Å². The first-order valence-corrected chi connectivity index (χ1v) is 7.58. The Morgan fingerprint density at radius 2 is 2.29 bits per heavy atom. The minimum Gasteiger partial charge on any atom is -0.374 e. The monoisotopic (exact) mass is 248 g/mol. The molecule has 92 valence electrons. The largest absolute Gasteiger partial charge is 0.374 e. The van der Waals surface area contributed by atoms with E-state index in [1.54, 1.807) is 0 Å². The number of benzene rings is 1. The molecule has 0 radical (unpaired) electrons. The normalized spacial score (nSPS) is 24.5. The summed E-state index contributed by atoms with van der Waals surface area (Å²) in [5.74, 6) is 1.29. The summed E-state index contributed by atoms with van der Waals surface area (Å²) in [6.07, 6.45) is 3.83. The molecule has 1 aromatic rings. The topological polar surface area (TPSA) is 15.3 Å². The number of nitrogens with one attached hydrogen (secondary N) is 1. The molecule has 1 saturated heterocycles. The van der Waals surface area contributed by atoms with E-state index in [1.165, 1.54) is 48.4 Å². The van der Waals surface area contributed by atoms with Crippen LogP contribution in [0.2, 0.25) is 0 Å². The van der Waals surface area contributed by atoms with E-state index in [-0.39, 0.29) is 0 Å². The van der Waals surface area contributed by atoms with Crippen molar-refractivity contribution < 1.29 is 0 Å². The van der Waals surface area contributed by atoms with Crippen molar-refractivity contribution in [3.05, 3.63) is 29.3 Å². The number of rotatable bonds is 1. The lowest BCUT2D eigenvalue weighted by Gasteiger charge is -2.29. The first kappa shape index (κ1) is 11.4. The molecule has 0 amide bonds.